The molecule has 1 N–H and O–H groups in total. The second kappa shape index (κ2) is 6.57. The Morgan fingerprint density at radius 3 is 2.61 bits per heavy atom. The number of carboxylic acids is 1. The third kappa shape index (κ3) is 2.97. The molecule has 0 bridgehead atoms. The number of benzene rings is 1. The lowest BCUT2D eigenvalue weighted by Gasteiger charge is -2.26. The van der Waals surface area contributed by atoms with Crippen LogP contribution in [0.4, 0.5) is 10.1 Å². The lowest BCUT2D eigenvalue weighted by Crippen LogP contribution is -2.47. The highest BCUT2D eigenvalue weighted by atomic mass is 19.1. The topological polar surface area (TPSA) is 77.9 Å². The highest BCUT2D eigenvalue weighted by molar-refractivity contribution is 6.11. The van der Waals surface area contributed by atoms with E-state index < -0.39 is 23.2 Å². The molecule has 0 spiro atoms. The molecule has 28 heavy (non-hydrogen) atoms. The van der Waals surface area contributed by atoms with E-state index in [4.69, 9.17) is 5.11 Å². The summed E-state index contributed by atoms with van der Waals surface area (Å²) in [5.41, 5.74) is 0.964. The Labute approximate surface area is 163 Å². The number of hydrogen-bond donors (Lipinski definition) is 1. The fourth-order valence-corrected chi connectivity index (χ4v) is 4.41. The zero-order chi connectivity index (χ0) is 20.2. The highest BCUT2D eigenvalue weighted by Gasteiger charge is 2.51. The Morgan fingerprint density at radius 1 is 1.25 bits per heavy atom. The number of carboxylic acid groups (broad SMARTS) is 1. The van der Waals surface area contributed by atoms with Gasteiger partial charge in [0.25, 0.3) is 0 Å². The van der Waals surface area contributed by atoms with Gasteiger partial charge in [0.15, 0.2) is 0 Å². The SMILES string of the molecule is CC1(C)C(=O)N(C2CCN(CCCC(=O)O)C2=O)c2c(F)cc(C3CC3)cc21. The Morgan fingerprint density at radius 2 is 1.96 bits per heavy atom. The van der Waals surface area contributed by atoms with Crippen LogP contribution in [0.15, 0.2) is 12.1 Å². The number of hydrogen-bond acceptors (Lipinski definition) is 3. The van der Waals surface area contributed by atoms with Gasteiger partial charge >= 0.3 is 5.97 Å². The van der Waals surface area contributed by atoms with Gasteiger partial charge in [-0.15, -0.1) is 0 Å². The molecule has 1 saturated carbocycles. The first-order chi connectivity index (χ1) is 13.2. The first kappa shape index (κ1) is 18.9. The van der Waals surface area contributed by atoms with E-state index in [0.717, 1.165) is 18.4 Å². The molecule has 1 unspecified atom stereocenters. The van der Waals surface area contributed by atoms with Gasteiger partial charge in [-0.2, -0.15) is 0 Å². The number of nitrogens with zero attached hydrogens (tertiary/aromatic N) is 2. The van der Waals surface area contributed by atoms with Crippen LogP contribution >= 0.6 is 0 Å². The van der Waals surface area contributed by atoms with Crippen LogP contribution in [-0.4, -0.2) is 46.9 Å². The van der Waals surface area contributed by atoms with E-state index >= 15 is 4.39 Å². The van der Waals surface area contributed by atoms with Gasteiger partial charge in [-0.25, -0.2) is 4.39 Å². The molecule has 1 aliphatic carbocycles. The van der Waals surface area contributed by atoms with E-state index in [-0.39, 0.29) is 23.9 Å². The van der Waals surface area contributed by atoms with Crippen LogP contribution in [0.1, 0.15) is 63.0 Å². The van der Waals surface area contributed by atoms with Crippen molar-refractivity contribution in [2.75, 3.05) is 18.0 Å². The molecule has 4 rings (SSSR count). The molecule has 0 radical (unpaired) electrons. The zero-order valence-electron chi connectivity index (χ0n) is 16.2. The average Bonchev–Trinajstić information content (AvgIpc) is 3.38. The number of fused-ring (bicyclic) bond motifs is 1. The van der Waals surface area contributed by atoms with E-state index in [2.05, 4.69) is 0 Å². The average molecular weight is 388 g/mol. The summed E-state index contributed by atoms with van der Waals surface area (Å²) in [6.45, 7) is 4.36. The van der Waals surface area contributed by atoms with Gasteiger partial charge < -0.3 is 10.0 Å². The molecule has 2 heterocycles. The van der Waals surface area contributed by atoms with E-state index in [0.29, 0.717) is 37.4 Å². The van der Waals surface area contributed by atoms with Gasteiger partial charge in [-0.3, -0.25) is 19.3 Å². The largest absolute Gasteiger partial charge is 0.481 e. The van der Waals surface area contributed by atoms with E-state index in [1.54, 1.807) is 18.7 Å². The second-order valence-corrected chi connectivity index (χ2v) is 8.60. The molecule has 7 heteroatoms. The molecule has 6 nitrogen and oxygen atoms in total. The molecule has 1 atom stereocenters. The fourth-order valence-electron chi connectivity index (χ4n) is 4.41. The highest BCUT2D eigenvalue weighted by Crippen LogP contribution is 2.49. The number of aliphatic carboxylic acids is 1. The third-order valence-electron chi connectivity index (χ3n) is 6.20. The van der Waals surface area contributed by atoms with Crippen molar-refractivity contribution in [2.45, 2.75) is 63.3 Å². The smallest absolute Gasteiger partial charge is 0.303 e. The first-order valence-electron chi connectivity index (χ1n) is 9.90. The van der Waals surface area contributed by atoms with Crippen molar-refractivity contribution in [1.29, 1.82) is 0 Å². The van der Waals surface area contributed by atoms with Crippen molar-refractivity contribution in [2.24, 2.45) is 0 Å². The lowest BCUT2D eigenvalue weighted by molar-refractivity contribution is -0.137. The summed E-state index contributed by atoms with van der Waals surface area (Å²) in [6.07, 6.45) is 2.87. The number of carbonyl (C=O) groups is 3. The fraction of sp³-hybridized carbons (Fsp3) is 0.571. The van der Waals surface area contributed by atoms with Crippen LogP contribution in [0.3, 0.4) is 0 Å². The van der Waals surface area contributed by atoms with Gasteiger partial charge in [0.1, 0.15) is 11.9 Å². The molecule has 1 aromatic rings. The molecular formula is C21H25FN2O4. The van der Waals surface area contributed by atoms with Crippen LogP contribution < -0.4 is 4.90 Å². The Hall–Kier alpha value is -2.44. The zero-order valence-corrected chi connectivity index (χ0v) is 16.2. The van der Waals surface area contributed by atoms with Crippen molar-refractivity contribution in [3.63, 3.8) is 0 Å². The Kier molecular flexibility index (Phi) is 4.43. The van der Waals surface area contributed by atoms with E-state index in [1.807, 2.05) is 6.07 Å². The minimum absolute atomic E-state index is 0.00841. The van der Waals surface area contributed by atoms with Gasteiger partial charge in [0, 0.05) is 19.5 Å². The Bertz CT molecular complexity index is 862. The number of halogens is 1. The number of anilines is 1. The number of amides is 2. The summed E-state index contributed by atoms with van der Waals surface area (Å²) >= 11 is 0. The third-order valence-corrected chi connectivity index (χ3v) is 6.20. The Balaban J connectivity index is 1.62. The molecule has 2 amide bonds. The molecule has 1 saturated heterocycles. The number of rotatable bonds is 6. The minimum atomic E-state index is -0.901. The quantitative estimate of drug-likeness (QED) is 0.813. The van der Waals surface area contributed by atoms with Gasteiger partial charge in [-0.1, -0.05) is 6.07 Å². The maximum Gasteiger partial charge on any atom is 0.303 e. The maximum atomic E-state index is 15.1. The van der Waals surface area contributed by atoms with Gasteiger partial charge in [0.05, 0.1) is 11.1 Å². The summed E-state index contributed by atoms with van der Waals surface area (Å²) < 4.78 is 15.1. The lowest BCUT2D eigenvalue weighted by atomic mass is 9.85. The van der Waals surface area contributed by atoms with E-state index in [9.17, 15) is 14.4 Å². The van der Waals surface area contributed by atoms with Crippen LogP contribution in [0.25, 0.3) is 0 Å². The van der Waals surface area contributed by atoms with Crippen molar-refractivity contribution in [1.82, 2.24) is 4.90 Å². The monoisotopic (exact) mass is 388 g/mol. The number of likely N-dealkylation sites (tertiary alicyclic amines) is 1. The number of carbonyl (C=O) groups excluding carboxylic acids is 2. The van der Waals surface area contributed by atoms with Crippen molar-refractivity contribution < 1.29 is 23.9 Å². The molecule has 0 aromatic heterocycles. The predicted octanol–water partition coefficient (Wildman–Crippen LogP) is 2.79. The summed E-state index contributed by atoms with van der Waals surface area (Å²) in [6, 6.07) is 2.74. The van der Waals surface area contributed by atoms with Gasteiger partial charge in [0.2, 0.25) is 11.8 Å². The van der Waals surface area contributed by atoms with Crippen LogP contribution in [-0.2, 0) is 19.8 Å². The van der Waals surface area contributed by atoms with Crippen molar-refractivity contribution in [3.05, 3.63) is 29.1 Å². The van der Waals surface area contributed by atoms with Crippen LogP contribution in [0, 0.1) is 5.82 Å². The molecule has 2 fully saturated rings. The molecule has 2 aliphatic heterocycles. The first-order valence-corrected chi connectivity index (χ1v) is 9.90. The summed E-state index contributed by atoms with van der Waals surface area (Å²) in [5.74, 6) is -1.44. The minimum Gasteiger partial charge on any atom is -0.481 e. The normalized spacial score (nSPS) is 23.5. The summed E-state index contributed by atoms with van der Waals surface area (Å²) in [5, 5.41) is 8.78. The second-order valence-electron chi connectivity index (χ2n) is 8.60. The van der Waals surface area contributed by atoms with Crippen LogP contribution in [0.2, 0.25) is 0 Å². The van der Waals surface area contributed by atoms with Crippen molar-refractivity contribution >= 4 is 23.5 Å². The molecule has 1 aromatic carbocycles. The predicted molar refractivity (Wildman–Crippen MR) is 101 cm³/mol. The molecule has 3 aliphatic rings. The van der Waals surface area contributed by atoms with Crippen molar-refractivity contribution in [3.8, 4) is 0 Å². The maximum absolute atomic E-state index is 15.1. The molecule has 150 valence electrons. The molecular weight excluding hydrogens is 363 g/mol. The standard InChI is InChI=1S/C21H25FN2O4/c1-21(2)14-10-13(12-5-6-12)11-15(22)18(14)24(20(21)28)16-7-9-23(19(16)27)8-3-4-17(25)26/h10-12,16H,3-9H2,1-2H3,(H,25,26). The van der Waals surface area contributed by atoms with Gasteiger partial charge in [-0.05, 0) is 62.6 Å². The summed E-state index contributed by atoms with van der Waals surface area (Å²) in [7, 11) is 0. The van der Waals surface area contributed by atoms with Crippen LogP contribution in [0.5, 0.6) is 0 Å². The summed E-state index contributed by atoms with van der Waals surface area (Å²) in [4.78, 5) is 39.7. The van der Waals surface area contributed by atoms with E-state index in [1.165, 1.54) is 11.0 Å².